The molecule has 3 rings (SSSR count). The van der Waals surface area contributed by atoms with Gasteiger partial charge in [-0.2, -0.15) is 5.10 Å². The Hall–Kier alpha value is -1.36. The molecule has 5 heteroatoms. The second-order valence-electron chi connectivity index (χ2n) is 7.10. The smallest absolute Gasteiger partial charge is 0.0830 e. The van der Waals surface area contributed by atoms with Crippen LogP contribution in [0.5, 0.6) is 0 Å². The van der Waals surface area contributed by atoms with Gasteiger partial charge in [0.1, 0.15) is 0 Å². The van der Waals surface area contributed by atoms with E-state index >= 15 is 0 Å². The summed E-state index contributed by atoms with van der Waals surface area (Å²) in [4.78, 5) is 0. The number of hydrogen-bond acceptors (Lipinski definition) is 3. The van der Waals surface area contributed by atoms with Gasteiger partial charge in [-0.3, -0.25) is 4.68 Å². The van der Waals surface area contributed by atoms with Gasteiger partial charge < -0.3 is 10.4 Å². The summed E-state index contributed by atoms with van der Waals surface area (Å²) in [5, 5.41) is 18.9. The Morgan fingerprint density at radius 3 is 2.83 bits per heavy atom. The van der Waals surface area contributed by atoms with E-state index in [4.69, 9.17) is 16.7 Å². The molecule has 23 heavy (non-hydrogen) atoms. The summed E-state index contributed by atoms with van der Waals surface area (Å²) in [6.07, 6.45) is 1.54. The molecule has 0 bridgehead atoms. The van der Waals surface area contributed by atoms with Crippen LogP contribution >= 0.6 is 11.6 Å². The lowest BCUT2D eigenvalue weighted by Crippen LogP contribution is -2.27. The number of aliphatic hydroxyl groups is 1. The van der Waals surface area contributed by atoms with E-state index < -0.39 is 5.60 Å². The Kier molecular flexibility index (Phi) is 4.25. The number of aromatic nitrogens is 2. The molecule has 0 saturated heterocycles. The van der Waals surface area contributed by atoms with Gasteiger partial charge in [0.25, 0.3) is 0 Å². The number of halogens is 1. The molecule has 1 aliphatic rings. The number of hydrogen-bond donors (Lipinski definition) is 2. The van der Waals surface area contributed by atoms with E-state index in [1.165, 1.54) is 5.56 Å². The van der Waals surface area contributed by atoms with Gasteiger partial charge >= 0.3 is 0 Å². The van der Waals surface area contributed by atoms with Crippen molar-refractivity contribution >= 4 is 11.6 Å². The SMILES string of the molecule is CC1NCCc2c1nn(C)c2-c1cc(Cl)cc(CC(C)(C)O)c1. The minimum absolute atomic E-state index is 0.272. The highest BCUT2D eigenvalue weighted by Gasteiger charge is 2.25. The van der Waals surface area contributed by atoms with Crippen molar-refractivity contribution in [1.82, 2.24) is 15.1 Å². The predicted molar refractivity (Wildman–Crippen MR) is 93.8 cm³/mol. The minimum Gasteiger partial charge on any atom is -0.390 e. The standard InChI is InChI=1S/C18H24ClN3O/c1-11-16-15(5-6-20-11)17(22(4)21-16)13-7-12(8-14(19)9-13)10-18(2,3)23/h7-9,11,20,23H,5-6,10H2,1-4H3. The zero-order chi connectivity index (χ0) is 16.8. The van der Waals surface area contributed by atoms with Gasteiger partial charge in [-0.25, -0.2) is 0 Å². The fourth-order valence-electron chi connectivity index (χ4n) is 3.44. The Balaban J connectivity index is 2.09. The van der Waals surface area contributed by atoms with Gasteiger partial charge in [0.2, 0.25) is 0 Å². The average Bonchev–Trinajstić information content (AvgIpc) is 2.73. The molecule has 1 aromatic carbocycles. The summed E-state index contributed by atoms with van der Waals surface area (Å²) in [6, 6.07) is 6.30. The van der Waals surface area contributed by atoms with Crippen LogP contribution in [0, 0.1) is 0 Å². The van der Waals surface area contributed by atoms with Crippen molar-refractivity contribution in [3.05, 3.63) is 40.0 Å². The highest BCUT2D eigenvalue weighted by molar-refractivity contribution is 6.31. The molecule has 4 nitrogen and oxygen atoms in total. The van der Waals surface area contributed by atoms with E-state index in [0.717, 1.165) is 35.5 Å². The van der Waals surface area contributed by atoms with E-state index in [9.17, 15) is 5.11 Å². The molecular weight excluding hydrogens is 310 g/mol. The Morgan fingerprint density at radius 1 is 1.39 bits per heavy atom. The highest BCUT2D eigenvalue weighted by Crippen LogP contribution is 2.34. The molecule has 1 unspecified atom stereocenters. The fourth-order valence-corrected chi connectivity index (χ4v) is 3.70. The van der Waals surface area contributed by atoms with Crippen LogP contribution in [0.4, 0.5) is 0 Å². The molecule has 2 aromatic rings. The number of nitrogens with zero attached hydrogens (tertiary/aromatic N) is 2. The Bertz CT molecular complexity index is 731. The monoisotopic (exact) mass is 333 g/mol. The molecule has 1 aromatic heterocycles. The lowest BCUT2D eigenvalue weighted by atomic mass is 9.93. The Labute approximate surface area is 142 Å². The first-order chi connectivity index (χ1) is 10.7. The van der Waals surface area contributed by atoms with Crippen LogP contribution in [-0.4, -0.2) is 27.0 Å². The van der Waals surface area contributed by atoms with Crippen LogP contribution in [0.15, 0.2) is 18.2 Å². The van der Waals surface area contributed by atoms with Gasteiger partial charge in [0.15, 0.2) is 0 Å². The zero-order valence-corrected chi connectivity index (χ0v) is 14.9. The molecule has 0 radical (unpaired) electrons. The van der Waals surface area contributed by atoms with Crippen LogP contribution < -0.4 is 5.32 Å². The maximum absolute atomic E-state index is 10.1. The zero-order valence-electron chi connectivity index (χ0n) is 14.2. The first-order valence-corrected chi connectivity index (χ1v) is 8.44. The quantitative estimate of drug-likeness (QED) is 0.906. The molecule has 0 saturated carbocycles. The van der Waals surface area contributed by atoms with Crippen molar-refractivity contribution in [1.29, 1.82) is 0 Å². The normalized spacial score (nSPS) is 18.1. The lowest BCUT2D eigenvalue weighted by molar-refractivity contribution is 0.0810. The second kappa shape index (κ2) is 5.93. The molecule has 2 heterocycles. The van der Waals surface area contributed by atoms with Gasteiger partial charge in [-0.1, -0.05) is 11.6 Å². The van der Waals surface area contributed by atoms with Gasteiger partial charge in [-0.05, 0) is 57.5 Å². The van der Waals surface area contributed by atoms with Crippen molar-refractivity contribution in [3.8, 4) is 11.3 Å². The second-order valence-corrected chi connectivity index (χ2v) is 7.54. The molecule has 0 fully saturated rings. The van der Waals surface area contributed by atoms with Crippen molar-refractivity contribution in [2.75, 3.05) is 6.54 Å². The molecule has 0 aliphatic carbocycles. The first-order valence-electron chi connectivity index (χ1n) is 8.06. The van der Waals surface area contributed by atoms with Crippen molar-refractivity contribution in [2.45, 2.75) is 45.3 Å². The fraction of sp³-hybridized carbons (Fsp3) is 0.500. The largest absolute Gasteiger partial charge is 0.390 e. The van der Waals surface area contributed by atoms with Gasteiger partial charge in [0.05, 0.1) is 17.0 Å². The lowest BCUT2D eigenvalue weighted by Gasteiger charge is -2.20. The third-order valence-electron chi connectivity index (χ3n) is 4.28. The van der Waals surface area contributed by atoms with Gasteiger partial charge in [0, 0.05) is 35.7 Å². The topological polar surface area (TPSA) is 50.1 Å². The predicted octanol–water partition coefficient (Wildman–Crippen LogP) is 3.26. The third kappa shape index (κ3) is 3.44. The first kappa shape index (κ1) is 16.5. The van der Waals surface area contributed by atoms with Crippen LogP contribution in [0.3, 0.4) is 0 Å². The van der Waals surface area contributed by atoms with Gasteiger partial charge in [-0.15, -0.1) is 0 Å². The average molecular weight is 334 g/mol. The van der Waals surface area contributed by atoms with E-state index in [0.29, 0.717) is 11.4 Å². The molecule has 1 atom stereocenters. The van der Waals surface area contributed by atoms with E-state index in [1.54, 1.807) is 0 Å². The maximum atomic E-state index is 10.1. The van der Waals surface area contributed by atoms with Crippen LogP contribution in [0.1, 0.15) is 43.6 Å². The third-order valence-corrected chi connectivity index (χ3v) is 4.50. The molecule has 124 valence electrons. The van der Waals surface area contributed by atoms with E-state index in [1.807, 2.05) is 37.7 Å². The number of aryl methyl sites for hydroxylation is 1. The summed E-state index contributed by atoms with van der Waals surface area (Å²) < 4.78 is 1.95. The summed E-state index contributed by atoms with van der Waals surface area (Å²) in [5.41, 5.74) is 4.91. The summed E-state index contributed by atoms with van der Waals surface area (Å²) in [5.74, 6) is 0. The van der Waals surface area contributed by atoms with Crippen LogP contribution in [0.2, 0.25) is 5.02 Å². The summed E-state index contributed by atoms with van der Waals surface area (Å²) >= 11 is 6.34. The summed E-state index contributed by atoms with van der Waals surface area (Å²) in [6.45, 7) is 6.73. The number of rotatable bonds is 3. The molecular formula is C18H24ClN3O. The maximum Gasteiger partial charge on any atom is 0.0830 e. The van der Waals surface area contributed by atoms with Crippen LogP contribution in [0.25, 0.3) is 11.3 Å². The van der Waals surface area contributed by atoms with E-state index in [-0.39, 0.29) is 6.04 Å². The Morgan fingerprint density at radius 2 is 2.13 bits per heavy atom. The van der Waals surface area contributed by atoms with Crippen molar-refractivity contribution < 1.29 is 5.11 Å². The molecule has 0 amide bonds. The summed E-state index contributed by atoms with van der Waals surface area (Å²) in [7, 11) is 1.98. The highest BCUT2D eigenvalue weighted by atomic mass is 35.5. The van der Waals surface area contributed by atoms with Crippen molar-refractivity contribution in [2.24, 2.45) is 7.05 Å². The molecule has 0 spiro atoms. The molecule has 1 aliphatic heterocycles. The van der Waals surface area contributed by atoms with E-state index in [2.05, 4.69) is 18.3 Å². The van der Waals surface area contributed by atoms with Crippen molar-refractivity contribution in [3.63, 3.8) is 0 Å². The number of benzene rings is 1. The number of nitrogens with one attached hydrogen (secondary N) is 1. The van der Waals surface area contributed by atoms with Crippen LogP contribution in [-0.2, 0) is 19.9 Å². The number of fused-ring (bicyclic) bond motifs is 1. The minimum atomic E-state index is -0.758. The molecule has 2 N–H and O–H groups in total.